The van der Waals surface area contributed by atoms with E-state index >= 15 is 0 Å². The molecule has 0 saturated heterocycles. The highest BCUT2D eigenvalue weighted by Crippen LogP contribution is 2.14. The molecule has 26 heavy (non-hydrogen) atoms. The fraction of sp³-hybridized carbons (Fsp3) is 0.100. The average molecular weight is 353 g/mol. The molecule has 6 heteroatoms. The molecule has 0 aliphatic carbocycles. The first-order valence-corrected chi connectivity index (χ1v) is 8.03. The third-order valence-electron chi connectivity index (χ3n) is 3.80. The zero-order valence-electron chi connectivity index (χ0n) is 14.1. The highest BCUT2D eigenvalue weighted by atomic mass is 19.2. The lowest BCUT2D eigenvalue weighted by molar-refractivity contribution is 0.102. The summed E-state index contributed by atoms with van der Waals surface area (Å²) in [7, 11) is 0. The van der Waals surface area contributed by atoms with Crippen molar-refractivity contribution in [2.75, 3.05) is 10.6 Å². The van der Waals surface area contributed by atoms with E-state index in [2.05, 4.69) is 15.6 Å². The van der Waals surface area contributed by atoms with Crippen LogP contribution in [-0.2, 0) is 6.54 Å². The minimum atomic E-state index is -1.06. The summed E-state index contributed by atoms with van der Waals surface area (Å²) in [6.07, 6.45) is 1.50. The van der Waals surface area contributed by atoms with Crippen molar-refractivity contribution in [3.63, 3.8) is 0 Å². The molecule has 0 fully saturated rings. The number of pyridine rings is 1. The van der Waals surface area contributed by atoms with Crippen LogP contribution in [0.1, 0.15) is 21.5 Å². The van der Waals surface area contributed by atoms with Crippen LogP contribution >= 0.6 is 0 Å². The average Bonchev–Trinajstić information content (AvgIpc) is 2.64. The van der Waals surface area contributed by atoms with E-state index in [9.17, 15) is 13.6 Å². The highest BCUT2D eigenvalue weighted by Gasteiger charge is 2.10. The molecule has 3 rings (SSSR count). The second-order valence-electron chi connectivity index (χ2n) is 5.85. The van der Waals surface area contributed by atoms with Crippen LogP contribution in [0.5, 0.6) is 0 Å². The summed E-state index contributed by atoms with van der Waals surface area (Å²) in [4.78, 5) is 16.3. The molecule has 0 aliphatic rings. The van der Waals surface area contributed by atoms with Gasteiger partial charge in [0.25, 0.3) is 5.91 Å². The molecule has 0 saturated carbocycles. The number of carbonyl (C=O) groups excluding carboxylic acids is 1. The molecule has 2 N–H and O–H groups in total. The topological polar surface area (TPSA) is 54.0 Å². The van der Waals surface area contributed by atoms with Crippen molar-refractivity contribution in [2.24, 2.45) is 0 Å². The number of nitrogens with zero attached hydrogens (tertiary/aromatic N) is 1. The van der Waals surface area contributed by atoms with Crippen LogP contribution < -0.4 is 10.6 Å². The normalized spacial score (nSPS) is 10.4. The molecule has 1 heterocycles. The lowest BCUT2D eigenvalue weighted by Crippen LogP contribution is -2.12. The Morgan fingerprint density at radius 3 is 2.42 bits per heavy atom. The van der Waals surface area contributed by atoms with Gasteiger partial charge < -0.3 is 10.6 Å². The van der Waals surface area contributed by atoms with Crippen molar-refractivity contribution < 1.29 is 13.6 Å². The van der Waals surface area contributed by atoms with Crippen molar-refractivity contribution in [1.29, 1.82) is 0 Å². The number of aryl methyl sites for hydroxylation is 1. The Balaban J connectivity index is 1.59. The zero-order chi connectivity index (χ0) is 18.5. The van der Waals surface area contributed by atoms with Gasteiger partial charge in [-0.2, -0.15) is 0 Å². The third-order valence-corrected chi connectivity index (χ3v) is 3.80. The van der Waals surface area contributed by atoms with Crippen molar-refractivity contribution in [3.05, 3.63) is 89.1 Å². The molecule has 3 aromatic rings. The van der Waals surface area contributed by atoms with Crippen LogP contribution in [0.15, 0.2) is 60.8 Å². The van der Waals surface area contributed by atoms with Gasteiger partial charge in [-0.15, -0.1) is 0 Å². The Labute approximate surface area is 149 Å². The van der Waals surface area contributed by atoms with Gasteiger partial charge in [0.15, 0.2) is 11.6 Å². The number of amides is 1. The van der Waals surface area contributed by atoms with E-state index in [1.165, 1.54) is 17.8 Å². The van der Waals surface area contributed by atoms with E-state index in [1.54, 1.807) is 12.1 Å². The number of anilines is 2. The highest BCUT2D eigenvalue weighted by molar-refractivity contribution is 6.04. The number of benzene rings is 2. The van der Waals surface area contributed by atoms with Gasteiger partial charge in [-0.25, -0.2) is 13.8 Å². The fourth-order valence-electron chi connectivity index (χ4n) is 2.31. The number of rotatable bonds is 5. The van der Waals surface area contributed by atoms with Crippen LogP contribution in [0.3, 0.4) is 0 Å². The largest absolute Gasteiger partial charge is 0.366 e. The summed E-state index contributed by atoms with van der Waals surface area (Å²) in [5.41, 5.74) is 2.83. The first kappa shape index (κ1) is 17.5. The van der Waals surface area contributed by atoms with Gasteiger partial charge in [0.05, 0.1) is 11.9 Å². The van der Waals surface area contributed by atoms with Gasteiger partial charge in [0.1, 0.15) is 5.82 Å². The van der Waals surface area contributed by atoms with Crippen molar-refractivity contribution >= 4 is 17.4 Å². The van der Waals surface area contributed by atoms with Crippen molar-refractivity contribution in [2.45, 2.75) is 13.5 Å². The van der Waals surface area contributed by atoms with Crippen molar-refractivity contribution in [3.8, 4) is 0 Å². The van der Waals surface area contributed by atoms with E-state index in [-0.39, 0.29) is 5.56 Å². The summed E-state index contributed by atoms with van der Waals surface area (Å²) in [6.45, 7) is 2.67. The molecule has 1 amide bonds. The summed E-state index contributed by atoms with van der Waals surface area (Å²) in [6, 6.07) is 14.6. The minimum absolute atomic E-state index is 0.0328. The molecule has 0 bridgehead atoms. The predicted molar refractivity (Wildman–Crippen MR) is 97.1 cm³/mol. The Hall–Kier alpha value is -3.28. The van der Waals surface area contributed by atoms with E-state index in [1.807, 2.05) is 31.2 Å². The summed E-state index contributed by atoms with van der Waals surface area (Å²) < 4.78 is 26.1. The Bertz CT molecular complexity index is 909. The quantitative estimate of drug-likeness (QED) is 0.708. The maximum Gasteiger partial charge on any atom is 0.255 e. The third kappa shape index (κ3) is 4.42. The van der Waals surface area contributed by atoms with Gasteiger partial charge in [-0.3, -0.25) is 4.79 Å². The molecule has 2 aromatic carbocycles. The maximum absolute atomic E-state index is 13.2. The zero-order valence-corrected chi connectivity index (χ0v) is 14.1. The fourth-order valence-corrected chi connectivity index (χ4v) is 2.31. The maximum atomic E-state index is 13.2. The first-order chi connectivity index (χ1) is 12.5. The molecule has 1 aromatic heterocycles. The summed E-state index contributed by atoms with van der Waals surface area (Å²) in [5.74, 6) is -1.93. The second-order valence-corrected chi connectivity index (χ2v) is 5.85. The van der Waals surface area contributed by atoms with Crippen LogP contribution in [0, 0.1) is 18.6 Å². The van der Waals surface area contributed by atoms with E-state index < -0.39 is 17.5 Å². The predicted octanol–water partition coefficient (Wildman–Crippen LogP) is 4.53. The molecule has 0 unspecified atom stereocenters. The second kappa shape index (κ2) is 7.74. The number of halogens is 2. The number of hydrogen-bond acceptors (Lipinski definition) is 3. The Morgan fingerprint density at radius 1 is 1.00 bits per heavy atom. The first-order valence-electron chi connectivity index (χ1n) is 8.03. The van der Waals surface area contributed by atoms with Crippen LogP contribution in [-0.4, -0.2) is 10.9 Å². The molecule has 0 radical (unpaired) electrons. The van der Waals surface area contributed by atoms with Gasteiger partial charge in [0.2, 0.25) is 0 Å². The van der Waals surface area contributed by atoms with Gasteiger partial charge in [-0.1, -0.05) is 29.8 Å². The van der Waals surface area contributed by atoms with E-state index in [0.717, 1.165) is 17.7 Å². The molecule has 0 spiro atoms. The lowest BCUT2D eigenvalue weighted by Gasteiger charge is -2.08. The van der Waals surface area contributed by atoms with Crippen LogP contribution in [0.4, 0.5) is 20.3 Å². The van der Waals surface area contributed by atoms with Crippen LogP contribution in [0.25, 0.3) is 0 Å². The van der Waals surface area contributed by atoms with E-state index in [4.69, 9.17) is 0 Å². The smallest absolute Gasteiger partial charge is 0.255 e. The summed E-state index contributed by atoms with van der Waals surface area (Å²) in [5, 5.41) is 5.79. The monoisotopic (exact) mass is 353 g/mol. The molecule has 132 valence electrons. The van der Waals surface area contributed by atoms with Gasteiger partial charge in [-0.05, 0) is 42.8 Å². The van der Waals surface area contributed by atoms with Gasteiger partial charge >= 0.3 is 0 Å². The number of nitrogens with one attached hydrogen (secondary N) is 2. The summed E-state index contributed by atoms with van der Waals surface area (Å²) >= 11 is 0. The standard InChI is InChI=1S/C20H17F2N3O/c1-13-2-4-14(5-3-13)11-23-19-9-7-16(12-24-19)25-20(26)15-6-8-17(21)18(22)10-15/h2-10,12H,11H2,1H3,(H,23,24)(H,25,26). The van der Waals surface area contributed by atoms with Crippen molar-refractivity contribution in [1.82, 2.24) is 4.98 Å². The minimum Gasteiger partial charge on any atom is -0.366 e. The number of aromatic nitrogens is 1. The SMILES string of the molecule is Cc1ccc(CNc2ccc(NC(=O)c3ccc(F)c(F)c3)cn2)cc1. The molecule has 0 atom stereocenters. The molecule has 4 nitrogen and oxygen atoms in total. The van der Waals surface area contributed by atoms with Crippen LogP contribution in [0.2, 0.25) is 0 Å². The number of carbonyl (C=O) groups is 1. The van der Waals surface area contributed by atoms with Gasteiger partial charge in [0, 0.05) is 12.1 Å². The number of hydrogen-bond donors (Lipinski definition) is 2. The Morgan fingerprint density at radius 2 is 1.77 bits per heavy atom. The molecule has 0 aliphatic heterocycles. The molecular formula is C20H17F2N3O. The Kier molecular flexibility index (Phi) is 5.22. The van der Waals surface area contributed by atoms with E-state index in [0.29, 0.717) is 18.1 Å². The molecular weight excluding hydrogens is 336 g/mol. The lowest BCUT2D eigenvalue weighted by atomic mass is 10.1.